The van der Waals surface area contributed by atoms with Crippen molar-refractivity contribution in [1.29, 1.82) is 0 Å². The molecule has 0 radical (unpaired) electrons. The highest BCUT2D eigenvalue weighted by Gasteiger charge is 2.13. The van der Waals surface area contributed by atoms with Gasteiger partial charge in [-0.15, -0.1) is 6.58 Å². The van der Waals surface area contributed by atoms with Gasteiger partial charge >= 0.3 is 0 Å². The Morgan fingerprint density at radius 1 is 1.55 bits per heavy atom. The molecule has 1 nitrogen and oxygen atoms in total. The van der Waals surface area contributed by atoms with Gasteiger partial charge in [0.25, 0.3) is 0 Å². The molecular formula is C9H20OSi. The molecule has 0 heterocycles. The molecule has 0 amide bonds. The van der Waals surface area contributed by atoms with Crippen LogP contribution in [0.2, 0.25) is 5.04 Å². The fourth-order valence-corrected chi connectivity index (χ4v) is 1.63. The van der Waals surface area contributed by atoms with Gasteiger partial charge in [0.05, 0.1) is 0 Å². The van der Waals surface area contributed by atoms with Crippen LogP contribution in [0, 0.1) is 0 Å². The van der Waals surface area contributed by atoms with Gasteiger partial charge < -0.3 is 4.43 Å². The van der Waals surface area contributed by atoms with E-state index >= 15 is 0 Å². The van der Waals surface area contributed by atoms with Crippen molar-refractivity contribution in [2.45, 2.75) is 38.7 Å². The SMILES string of the molecule is C=CC(C)(C)[SiH2]OCCCC. The van der Waals surface area contributed by atoms with E-state index < -0.39 is 9.76 Å². The molecule has 11 heavy (non-hydrogen) atoms. The van der Waals surface area contributed by atoms with Crippen molar-refractivity contribution in [1.82, 2.24) is 0 Å². The van der Waals surface area contributed by atoms with Crippen LogP contribution in [0.3, 0.4) is 0 Å². The van der Waals surface area contributed by atoms with Crippen LogP contribution in [0.4, 0.5) is 0 Å². The minimum atomic E-state index is -0.399. The highest BCUT2D eigenvalue weighted by atomic mass is 28.2. The molecule has 0 spiro atoms. The molecule has 0 saturated carbocycles. The van der Waals surface area contributed by atoms with Crippen LogP contribution in [0.15, 0.2) is 12.7 Å². The minimum Gasteiger partial charge on any atom is -0.423 e. The predicted molar refractivity (Wildman–Crippen MR) is 53.6 cm³/mol. The Balaban J connectivity index is 3.30. The zero-order chi connectivity index (χ0) is 8.74. The first-order chi connectivity index (χ1) is 5.12. The second-order valence-electron chi connectivity index (χ2n) is 3.60. The van der Waals surface area contributed by atoms with Gasteiger partial charge in [-0.3, -0.25) is 0 Å². The van der Waals surface area contributed by atoms with Crippen LogP contribution >= 0.6 is 0 Å². The van der Waals surface area contributed by atoms with E-state index in [9.17, 15) is 0 Å². The third-order valence-corrected chi connectivity index (χ3v) is 3.19. The standard InChI is InChI=1S/C9H20OSi/c1-5-7-8-10-11-9(3,4)6-2/h6H,2,5,7-8,11H2,1,3-4H3. The highest BCUT2D eigenvalue weighted by Crippen LogP contribution is 2.23. The van der Waals surface area contributed by atoms with E-state index in [4.69, 9.17) is 4.43 Å². The highest BCUT2D eigenvalue weighted by molar-refractivity contribution is 6.32. The summed E-state index contributed by atoms with van der Waals surface area (Å²) < 4.78 is 5.60. The molecule has 0 aliphatic carbocycles. The maximum Gasteiger partial charge on any atom is 0.170 e. The number of unbranched alkanes of at least 4 members (excludes halogenated alkanes) is 1. The zero-order valence-electron chi connectivity index (χ0n) is 8.02. The summed E-state index contributed by atoms with van der Waals surface area (Å²) in [5.41, 5.74) is 0. The maximum atomic E-state index is 5.60. The van der Waals surface area contributed by atoms with Crippen LogP contribution in [0.25, 0.3) is 0 Å². The quantitative estimate of drug-likeness (QED) is 0.339. The number of hydrogen-bond donors (Lipinski definition) is 0. The van der Waals surface area contributed by atoms with Crippen molar-refractivity contribution in [3.05, 3.63) is 12.7 Å². The number of allylic oxidation sites excluding steroid dienone is 1. The van der Waals surface area contributed by atoms with Crippen molar-refractivity contribution in [2.75, 3.05) is 6.61 Å². The van der Waals surface area contributed by atoms with Gasteiger partial charge in [0, 0.05) is 6.61 Å². The van der Waals surface area contributed by atoms with E-state index in [0.717, 1.165) is 6.61 Å². The number of rotatable bonds is 6. The summed E-state index contributed by atoms with van der Waals surface area (Å²) in [6.07, 6.45) is 4.42. The fourth-order valence-electron chi connectivity index (χ4n) is 0.641. The van der Waals surface area contributed by atoms with Crippen LogP contribution in [-0.2, 0) is 4.43 Å². The molecule has 0 N–H and O–H groups in total. The average Bonchev–Trinajstić information content (AvgIpc) is 1.99. The lowest BCUT2D eigenvalue weighted by Gasteiger charge is -2.18. The third kappa shape index (κ3) is 6.32. The topological polar surface area (TPSA) is 9.23 Å². The van der Waals surface area contributed by atoms with Crippen molar-refractivity contribution in [2.24, 2.45) is 0 Å². The molecule has 66 valence electrons. The largest absolute Gasteiger partial charge is 0.423 e. The van der Waals surface area contributed by atoms with Gasteiger partial charge in [0.1, 0.15) is 0 Å². The van der Waals surface area contributed by atoms with Gasteiger partial charge in [0.2, 0.25) is 0 Å². The van der Waals surface area contributed by atoms with Crippen molar-refractivity contribution < 1.29 is 4.43 Å². The second-order valence-corrected chi connectivity index (χ2v) is 6.12. The molecule has 2 heteroatoms. The minimum absolute atomic E-state index is 0.272. The molecule has 0 saturated heterocycles. The summed E-state index contributed by atoms with van der Waals surface area (Å²) in [6, 6.07) is 0. The van der Waals surface area contributed by atoms with E-state index in [2.05, 4.69) is 27.4 Å². The summed E-state index contributed by atoms with van der Waals surface area (Å²) in [5, 5.41) is 0.272. The van der Waals surface area contributed by atoms with Gasteiger partial charge in [-0.2, -0.15) is 0 Å². The third-order valence-electron chi connectivity index (χ3n) is 1.67. The van der Waals surface area contributed by atoms with Gasteiger partial charge in [-0.25, -0.2) is 0 Å². The summed E-state index contributed by atoms with van der Waals surface area (Å²) in [5.74, 6) is 0. The van der Waals surface area contributed by atoms with Gasteiger partial charge in [-0.1, -0.05) is 33.3 Å². The van der Waals surface area contributed by atoms with Crippen molar-refractivity contribution in [3.63, 3.8) is 0 Å². The first-order valence-electron chi connectivity index (χ1n) is 4.33. The maximum absolute atomic E-state index is 5.60. The molecule has 0 fully saturated rings. The zero-order valence-corrected chi connectivity index (χ0v) is 9.44. The molecular weight excluding hydrogens is 152 g/mol. The van der Waals surface area contributed by atoms with E-state index in [1.807, 2.05) is 6.08 Å². The molecule has 0 atom stereocenters. The number of hydrogen-bond acceptors (Lipinski definition) is 1. The van der Waals surface area contributed by atoms with E-state index in [-0.39, 0.29) is 5.04 Å². The Morgan fingerprint density at radius 2 is 2.18 bits per heavy atom. The monoisotopic (exact) mass is 172 g/mol. The molecule has 0 aliphatic heterocycles. The smallest absolute Gasteiger partial charge is 0.170 e. The molecule has 0 aromatic heterocycles. The average molecular weight is 172 g/mol. The van der Waals surface area contributed by atoms with Gasteiger partial charge in [0.15, 0.2) is 9.76 Å². The Kier molecular flexibility index (Phi) is 5.51. The summed E-state index contributed by atoms with van der Waals surface area (Å²) in [4.78, 5) is 0. The van der Waals surface area contributed by atoms with Crippen molar-refractivity contribution >= 4 is 9.76 Å². The lowest BCUT2D eigenvalue weighted by Crippen LogP contribution is -2.14. The van der Waals surface area contributed by atoms with Crippen LogP contribution in [-0.4, -0.2) is 16.4 Å². The summed E-state index contributed by atoms with van der Waals surface area (Å²) in [7, 11) is -0.399. The van der Waals surface area contributed by atoms with E-state index in [1.165, 1.54) is 12.8 Å². The van der Waals surface area contributed by atoms with Crippen LogP contribution in [0.1, 0.15) is 33.6 Å². The molecule has 0 aromatic carbocycles. The molecule has 0 rings (SSSR count). The first kappa shape index (κ1) is 10.9. The molecule has 0 aromatic rings. The Hall–Kier alpha value is -0.0831. The van der Waals surface area contributed by atoms with E-state index in [1.54, 1.807) is 0 Å². The second kappa shape index (κ2) is 5.55. The lowest BCUT2D eigenvalue weighted by molar-refractivity contribution is 0.316. The fraction of sp³-hybridized carbons (Fsp3) is 0.778. The Morgan fingerprint density at radius 3 is 2.64 bits per heavy atom. The summed E-state index contributed by atoms with van der Waals surface area (Å²) in [6.45, 7) is 11.3. The Bertz CT molecular complexity index is 110. The predicted octanol–water partition coefficient (Wildman–Crippen LogP) is 2.27. The van der Waals surface area contributed by atoms with E-state index in [0.29, 0.717) is 0 Å². The normalized spacial score (nSPS) is 12.6. The lowest BCUT2D eigenvalue weighted by atomic mass is 10.2. The molecule has 0 bridgehead atoms. The van der Waals surface area contributed by atoms with Gasteiger partial charge in [-0.05, 0) is 11.5 Å². The molecule has 0 unspecified atom stereocenters. The first-order valence-corrected chi connectivity index (χ1v) is 5.62. The molecule has 0 aliphatic rings. The van der Waals surface area contributed by atoms with Crippen molar-refractivity contribution in [3.8, 4) is 0 Å². The summed E-state index contributed by atoms with van der Waals surface area (Å²) >= 11 is 0. The van der Waals surface area contributed by atoms with Crippen LogP contribution in [0.5, 0.6) is 0 Å². The Labute approximate surface area is 72.8 Å². The van der Waals surface area contributed by atoms with Crippen LogP contribution < -0.4 is 0 Å².